The molecular weight excluding hydrogens is 405 g/mol. The zero-order valence-corrected chi connectivity index (χ0v) is 18.1. The summed E-state index contributed by atoms with van der Waals surface area (Å²) in [5.74, 6) is 0.650. The SMILES string of the molecule is CNc1nc(NC(C)c2ccc(NC(=O)c3ccc(F)cc3)cc2)c2cccc(C)c2n1. The predicted octanol–water partition coefficient (Wildman–Crippen LogP) is 5.54. The van der Waals surface area contributed by atoms with Gasteiger partial charge in [-0.15, -0.1) is 0 Å². The molecule has 32 heavy (non-hydrogen) atoms. The molecule has 1 aromatic heterocycles. The lowest BCUT2D eigenvalue weighted by atomic mass is 10.1. The molecule has 6 nitrogen and oxygen atoms in total. The van der Waals surface area contributed by atoms with E-state index >= 15 is 0 Å². The number of hydrogen-bond donors (Lipinski definition) is 3. The van der Waals surface area contributed by atoms with Crippen molar-refractivity contribution in [2.75, 3.05) is 23.0 Å². The molecule has 0 radical (unpaired) electrons. The van der Waals surface area contributed by atoms with Crippen LogP contribution in [0.25, 0.3) is 10.9 Å². The molecule has 0 saturated heterocycles. The molecule has 1 heterocycles. The van der Waals surface area contributed by atoms with Crippen LogP contribution in [-0.4, -0.2) is 22.9 Å². The van der Waals surface area contributed by atoms with E-state index in [1.165, 1.54) is 24.3 Å². The van der Waals surface area contributed by atoms with E-state index in [0.29, 0.717) is 17.2 Å². The molecule has 0 saturated carbocycles. The normalized spacial score (nSPS) is 11.8. The zero-order valence-electron chi connectivity index (χ0n) is 18.1. The highest BCUT2D eigenvalue weighted by atomic mass is 19.1. The predicted molar refractivity (Wildman–Crippen MR) is 127 cm³/mol. The molecular formula is C25H24FN5O. The van der Waals surface area contributed by atoms with Crippen molar-refractivity contribution in [1.82, 2.24) is 9.97 Å². The fourth-order valence-electron chi connectivity index (χ4n) is 3.47. The first kappa shape index (κ1) is 21.2. The van der Waals surface area contributed by atoms with E-state index < -0.39 is 0 Å². The molecule has 7 heteroatoms. The topological polar surface area (TPSA) is 78.9 Å². The van der Waals surface area contributed by atoms with Gasteiger partial charge in [-0.3, -0.25) is 4.79 Å². The van der Waals surface area contributed by atoms with Gasteiger partial charge < -0.3 is 16.0 Å². The summed E-state index contributed by atoms with van der Waals surface area (Å²) in [6.45, 7) is 4.08. The van der Waals surface area contributed by atoms with Crippen LogP contribution in [0.15, 0.2) is 66.7 Å². The van der Waals surface area contributed by atoms with Gasteiger partial charge in [0.2, 0.25) is 5.95 Å². The summed E-state index contributed by atoms with van der Waals surface area (Å²) in [4.78, 5) is 21.5. The van der Waals surface area contributed by atoms with Crippen LogP contribution < -0.4 is 16.0 Å². The van der Waals surface area contributed by atoms with Crippen molar-refractivity contribution in [3.8, 4) is 0 Å². The Bertz CT molecular complexity index is 1260. The highest BCUT2D eigenvalue weighted by molar-refractivity contribution is 6.04. The zero-order chi connectivity index (χ0) is 22.7. The van der Waals surface area contributed by atoms with Crippen molar-refractivity contribution in [2.45, 2.75) is 19.9 Å². The minimum Gasteiger partial charge on any atom is -0.363 e. The number of carbonyl (C=O) groups excluding carboxylic acids is 1. The lowest BCUT2D eigenvalue weighted by Crippen LogP contribution is -2.13. The Hall–Kier alpha value is -4.00. The molecule has 3 aromatic carbocycles. The number of para-hydroxylation sites is 1. The minimum atomic E-state index is -0.374. The molecule has 0 aliphatic heterocycles. The fourth-order valence-corrected chi connectivity index (χ4v) is 3.47. The van der Waals surface area contributed by atoms with Gasteiger partial charge in [0.1, 0.15) is 11.6 Å². The Morgan fingerprint density at radius 2 is 1.69 bits per heavy atom. The van der Waals surface area contributed by atoms with Gasteiger partial charge >= 0.3 is 0 Å². The maximum Gasteiger partial charge on any atom is 0.255 e. The van der Waals surface area contributed by atoms with Crippen molar-refractivity contribution in [3.05, 3.63) is 89.2 Å². The van der Waals surface area contributed by atoms with E-state index in [4.69, 9.17) is 0 Å². The summed E-state index contributed by atoms with van der Waals surface area (Å²) in [5, 5.41) is 10.3. The number of aryl methyl sites for hydroxylation is 1. The molecule has 0 bridgehead atoms. The van der Waals surface area contributed by atoms with E-state index in [-0.39, 0.29) is 17.8 Å². The Balaban J connectivity index is 1.51. The second-order valence-corrected chi connectivity index (χ2v) is 7.57. The number of halogens is 1. The maximum absolute atomic E-state index is 13.1. The number of nitrogens with one attached hydrogen (secondary N) is 3. The molecule has 1 atom stereocenters. The van der Waals surface area contributed by atoms with Gasteiger partial charge in [-0.1, -0.05) is 24.3 Å². The van der Waals surface area contributed by atoms with Gasteiger partial charge in [0.05, 0.1) is 5.52 Å². The number of aromatic nitrogens is 2. The Morgan fingerprint density at radius 3 is 2.38 bits per heavy atom. The summed E-state index contributed by atoms with van der Waals surface area (Å²) < 4.78 is 13.1. The summed E-state index contributed by atoms with van der Waals surface area (Å²) in [7, 11) is 1.80. The number of anilines is 3. The number of carbonyl (C=O) groups is 1. The third-order valence-corrected chi connectivity index (χ3v) is 5.28. The van der Waals surface area contributed by atoms with Gasteiger partial charge in [0.25, 0.3) is 5.91 Å². The highest BCUT2D eigenvalue weighted by Gasteiger charge is 2.13. The van der Waals surface area contributed by atoms with Crippen LogP contribution in [0, 0.1) is 12.7 Å². The smallest absolute Gasteiger partial charge is 0.255 e. The van der Waals surface area contributed by atoms with Gasteiger partial charge in [0.15, 0.2) is 0 Å². The molecule has 0 spiro atoms. The van der Waals surface area contributed by atoms with Crippen LogP contribution in [0.5, 0.6) is 0 Å². The average molecular weight is 429 g/mol. The first-order valence-corrected chi connectivity index (χ1v) is 10.3. The Labute approximate surface area is 185 Å². The van der Waals surface area contributed by atoms with Crippen molar-refractivity contribution < 1.29 is 9.18 Å². The van der Waals surface area contributed by atoms with E-state index in [2.05, 4.69) is 32.8 Å². The first-order valence-electron chi connectivity index (χ1n) is 10.3. The molecule has 1 amide bonds. The third kappa shape index (κ3) is 4.51. The monoisotopic (exact) mass is 429 g/mol. The summed E-state index contributed by atoms with van der Waals surface area (Å²) in [6, 6.07) is 19.0. The van der Waals surface area contributed by atoms with E-state index in [9.17, 15) is 9.18 Å². The first-order chi connectivity index (χ1) is 15.4. The van der Waals surface area contributed by atoms with Gasteiger partial charge in [-0.25, -0.2) is 9.37 Å². The maximum atomic E-state index is 13.1. The second-order valence-electron chi connectivity index (χ2n) is 7.57. The minimum absolute atomic E-state index is 0.0276. The second kappa shape index (κ2) is 9.01. The number of hydrogen-bond acceptors (Lipinski definition) is 5. The van der Waals surface area contributed by atoms with Crippen molar-refractivity contribution in [2.24, 2.45) is 0 Å². The van der Waals surface area contributed by atoms with E-state index in [1.54, 1.807) is 7.05 Å². The molecule has 0 aliphatic carbocycles. The van der Waals surface area contributed by atoms with Crippen molar-refractivity contribution >= 4 is 34.3 Å². The van der Waals surface area contributed by atoms with Crippen LogP contribution in [-0.2, 0) is 0 Å². The van der Waals surface area contributed by atoms with Crippen molar-refractivity contribution in [3.63, 3.8) is 0 Å². The average Bonchev–Trinajstić information content (AvgIpc) is 2.80. The third-order valence-electron chi connectivity index (χ3n) is 5.28. The van der Waals surface area contributed by atoms with Crippen LogP contribution in [0.1, 0.15) is 34.5 Å². The van der Waals surface area contributed by atoms with Crippen LogP contribution >= 0.6 is 0 Å². The molecule has 162 valence electrons. The van der Waals surface area contributed by atoms with Crippen LogP contribution in [0.4, 0.5) is 21.8 Å². The number of fused-ring (bicyclic) bond motifs is 1. The summed E-state index contributed by atoms with van der Waals surface area (Å²) >= 11 is 0. The number of rotatable bonds is 6. The summed E-state index contributed by atoms with van der Waals surface area (Å²) in [5.41, 5.74) is 4.08. The molecule has 0 aliphatic rings. The van der Waals surface area contributed by atoms with Gasteiger partial charge in [-0.2, -0.15) is 4.98 Å². The largest absolute Gasteiger partial charge is 0.363 e. The standard InChI is InChI=1S/C25H24FN5O/c1-15-5-4-6-21-22(15)30-25(27-3)31-23(21)28-16(2)17-9-13-20(14-10-17)29-24(32)18-7-11-19(26)12-8-18/h4-14,16H,1-3H3,(H,29,32)(H2,27,28,30,31). The number of nitrogens with zero attached hydrogens (tertiary/aromatic N) is 2. The Morgan fingerprint density at radius 1 is 0.969 bits per heavy atom. The number of amides is 1. The van der Waals surface area contributed by atoms with Gasteiger partial charge in [-0.05, 0) is 67.4 Å². The highest BCUT2D eigenvalue weighted by Crippen LogP contribution is 2.28. The molecule has 4 aromatic rings. The Kier molecular flexibility index (Phi) is 5.98. The number of benzene rings is 3. The van der Waals surface area contributed by atoms with Crippen LogP contribution in [0.2, 0.25) is 0 Å². The van der Waals surface area contributed by atoms with E-state index in [1.807, 2.05) is 49.4 Å². The molecule has 3 N–H and O–H groups in total. The van der Waals surface area contributed by atoms with Crippen molar-refractivity contribution in [1.29, 1.82) is 0 Å². The van der Waals surface area contributed by atoms with Crippen LogP contribution in [0.3, 0.4) is 0 Å². The molecule has 4 rings (SSSR count). The fraction of sp³-hybridized carbons (Fsp3) is 0.160. The molecule has 0 fully saturated rings. The molecule has 1 unspecified atom stereocenters. The van der Waals surface area contributed by atoms with E-state index in [0.717, 1.165) is 27.8 Å². The lowest BCUT2D eigenvalue weighted by Gasteiger charge is -2.18. The lowest BCUT2D eigenvalue weighted by molar-refractivity contribution is 0.102. The summed E-state index contributed by atoms with van der Waals surface area (Å²) in [6.07, 6.45) is 0. The van der Waals surface area contributed by atoms with Gasteiger partial charge in [0, 0.05) is 29.7 Å². The quantitative estimate of drug-likeness (QED) is 0.375.